The number of nitrogens with zero attached hydrogens (tertiary/aromatic N) is 3. The van der Waals surface area contributed by atoms with Crippen molar-refractivity contribution in [2.75, 3.05) is 5.32 Å². The number of hydrogen-bond donors (Lipinski definition) is 3. The molecule has 2 heterocycles. The number of carboxylic acids is 1. The van der Waals surface area contributed by atoms with Crippen LogP contribution >= 0.6 is 0 Å². The van der Waals surface area contributed by atoms with Gasteiger partial charge in [0.25, 0.3) is 0 Å². The number of rotatable bonds is 8. The average molecular weight is 464 g/mol. The number of carbonyl (C=O) groups is 2. The Kier molecular flexibility index (Phi) is 6.19. The average Bonchev–Trinajstić information content (AvgIpc) is 3.22. The number of carboxylic acid groups (broad SMARTS) is 1. The second-order valence-corrected chi connectivity index (χ2v) is 8.71. The third kappa shape index (κ3) is 4.16. The summed E-state index contributed by atoms with van der Waals surface area (Å²) in [5, 5.41) is 13.1. The van der Waals surface area contributed by atoms with Gasteiger partial charge in [0.05, 0.1) is 24.0 Å². The number of nitrogens with two attached hydrogens (primary N) is 1. The van der Waals surface area contributed by atoms with Gasteiger partial charge in [0.2, 0.25) is 0 Å². The molecule has 0 radical (unpaired) electrons. The molecule has 0 fully saturated rings. The number of aliphatic carboxylic acids is 1. The molecule has 0 bridgehead atoms. The zero-order chi connectivity index (χ0) is 24.6. The van der Waals surface area contributed by atoms with Crippen LogP contribution in [0.4, 0.5) is 10.5 Å². The molecule has 0 aliphatic heterocycles. The van der Waals surface area contributed by atoms with E-state index in [0.29, 0.717) is 29.7 Å². The summed E-state index contributed by atoms with van der Waals surface area (Å²) < 4.78 is 5.26. The molecule has 2 aromatic heterocycles. The summed E-state index contributed by atoms with van der Waals surface area (Å²) in [5.74, 6) is -0.956. The van der Waals surface area contributed by atoms with E-state index in [2.05, 4.69) is 5.32 Å². The largest absolute Gasteiger partial charge is 0.481 e. The number of amides is 2. The van der Waals surface area contributed by atoms with Crippen molar-refractivity contribution in [3.05, 3.63) is 64.2 Å². The van der Waals surface area contributed by atoms with Crippen molar-refractivity contribution in [1.29, 1.82) is 0 Å². The lowest BCUT2D eigenvalue weighted by Gasteiger charge is -2.16. The monoisotopic (exact) mass is 463 g/mol. The summed E-state index contributed by atoms with van der Waals surface area (Å²) >= 11 is 0. The third-order valence-electron chi connectivity index (χ3n) is 6.26. The number of nitrogens with one attached hydrogen (secondary N) is 1. The smallest absolute Gasteiger partial charge is 0.329 e. The van der Waals surface area contributed by atoms with Gasteiger partial charge >= 0.3 is 17.7 Å². The van der Waals surface area contributed by atoms with Crippen molar-refractivity contribution in [3.63, 3.8) is 0 Å². The molecule has 1 unspecified atom stereocenters. The molecule has 2 aromatic carbocycles. The van der Waals surface area contributed by atoms with Crippen LogP contribution in [0.15, 0.2) is 47.4 Å². The normalized spacial score (nSPS) is 12.3. The number of anilines is 1. The number of carbonyl (C=O) groups excluding carboxylic acids is 1. The van der Waals surface area contributed by atoms with Gasteiger partial charge < -0.3 is 20.7 Å². The molecule has 1 atom stereocenters. The highest BCUT2D eigenvalue weighted by atomic mass is 16.4. The number of benzene rings is 2. The molecule has 9 heteroatoms. The van der Waals surface area contributed by atoms with E-state index in [1.54, 1.807) is 27.3 Å². The Balaban J connectivity index is 1.95. The highest BCUT2D eigenvalue weighted by molar-refractivity contribution is 5.91. The van der Waals surface area contributed by atoms with Gasteiger partial charge in [0, 0.05) is 35.9 Å². The highest BCUT2D eigenvalue weighted by Gasteiger charge is 2.23. The Morgan fingerprint density at radius 2 is 1.91 bits per heavy atom. The highest BCUT2D eigenvalue weighted by Crippen LogP contribution is 2.29. The van der Waals surface area contributed by atoms with Crippen LogP contribution in [0.5, 0.6) is 0 Å². The van der Waals surface area contributed by atoms with Crippen molar-refractivity contribution in [3.8, 4) is 0 Å². The molecule has 178 valence electrons. The number of urea groups is 1. The summed E-state index contributed by atoms with van der Waals surface area (Å²) in [6.45, 7) is 4.31. The second-order valence-electron chi connectivity index (χ2n) is 8.71. The molecular formula is C25H29N5O4. The SMILES string of the molecule is CCCC(CC(=O)O)n1c(=O)n(Cc2cn(C)c3cccc(C)c23)c2cc(NC(N)=O)ccc21. The van der Waals surface area contributed by atoms with E-state index in [4.69, 9.17) is 5.73 Å². The molecule has 0 saturated carbocycles. The number of imidazole rings is 1. The second kappa shape index (κ2) is 9.09. The summed E-state index contributed by atoms with van der Waals surface area (Å²) in [6, 6.07) is 10.0. The molecule has 9 nitrogen and oxygen atoms in total. The molecule has 2 amide bonds. The fourth-order valence-corrected chi connectivity index (χ4v) is 4.88. The van der Waals surface area contributed by atoms with Gasteiger partial charge in [-0.05, 0) is 48.7 Å². The van der Waals surface area contributed by atoms with Gasteiger partial charge in [-0.3, -0.25) is 13.9 Å². The van der Waals surface area contributed by atoms with E-state index in [-0.39, 0.29) is 12.1 Å². The summed E-state index contributed by atoms with van der Waals surface area (Å²) in [7, 11) is 1.97. The van der Waals surface area contributed by atoms with Crippen LogP contribution in [0.3, 0.4) is 0 Å². The summed E-state index contributed by atoms with van der Waals surface area (Å²) in [6.07, 6.45) is 3.15. The molecule has 4 aromatic rings. The van der Waals surface area contributed by atoms with Crippen LogP contribution in [-0.2, 0) is 18.4 Å². The number of hydrogen-bond acceptors (Lipinski definition) is 3. The number of primary amides is 1. The predicted molar refractivity (Wildman–Crippen MR) is 132 cm³/mol. The quantitative estimate of drug-likeness (QED) is 0.366. The number of aryl methyl sites for hydroxylation is 2. The fraction of sp³-hybridized carbons (Fsp3) is 0.320. The molecule has 0 aliphatic carbocycles. The van der Waals surface area contributed by atoms with Gasteiger partial charge in [-0.15, -0.1) is 0 Å². The number of fused-ring (bicyclic) bond motifs is 2. The minimum absolute atomic E-state index is 0.151. The van der Waals surface area contributed by atoms with Crippen LogP contribution in [0.25, 0.3) is 21.9 Å². The Bertz CT molecular complexity index is 1460. The van der Waals surface area contributed by atoms with Gasteiger partial charge in [0.15, 0.2) is 0 Å². The van der Waals surface area contributed by atoms with Crippen LogP contribution in [-0.4, -0.2) is 30.8 Å². The predicted octanol–water partition coefficient (Wildman–Crippen LogP) is 3.96. The Hall–Kier alpha value is -4.01. The Morgan fingerprint density at radius 1 is 1.15 bits per heavy atom. The van der Waals surface area contributed by atoms with Gasteiger partial charge in [-0.2, -0.15) is 0 Å². The van der Waals surface area contributed by atoms with E-state index >= 15 is 0 Å². The maximum absolute atomic E-state index is 13.8. The third-order valence-corrected chi connectivity index (χ3v) is 6.26. The van der Waals surface area contributed by atoms with E-state index in [9.17, 15) is 19.5 Å². The summed E-state index contributed by atoms with van der Waals surface area (Å²) in [5.41, 5.74) is 9.86. The molecule has 0 aliphatic rings. The zero-order valence-corrected chi connectivity index (χ0v) is 19.5. The lowest BCUT2D eigenvalue weighted by molar-refractivity contribution is -0.137. The lowest BCUT2D eigenvalue weighted by Crippen LogP contribution is -2.29. The molecular weight excluding hydrogens is 434 g/mol. The first-order valence-corrected chi connectivity index (χ1v) is 11.3. The maximum atomic E-state index is 13.8. The Labute approximate surface area is 196 Å². The van der Waals surface area contributed by atoms with Crippen molar-refractivity contribution >= 4 is 39.6 Å². The van der Waals surface area contributed by atoms with Crippen molar-refractivity contribution < 1.29 is 14.7 Å². The van der Waals surface area contributed by atoms with Crippen molar-refractivity contribution in [2.24, 2.45) is 12.8 Å². The van der Waals surface area contributed by atoms with E-state index in [0.717, 1.165) is 28.5 Å². The molecule has 4 rings (SSSR count). The van der Waals surface area contributed by atoms with E-state index in [1.807, 2.05) is 49.9 Å². The van der Waals surface area contributed by atoms with Crippen molar-refractivity contribution in [1.82, 2.24) is 13.7 Å². The minimum atomic E-state index is -0.956. The first kappa shape index (κ1) is 23.2. The van der Waals surface area contributed by atoms with Crippen molar-refractivity contribution in [2.45, 2.75) is 45.7 Å². The number of aromatic nitrogens is 3. The van der Waals surface area contributed by atoms with Gasteiger partial charge in [-0.1, -0.05) is 25.5 Å². The van der Waals surface area contributed by atoms with E-state index < -0.39 is 18.0 Å². The van der Waals surface area contributed by atoms with Crippen LogP contribution in [0.1, 0.15) is 43.4 Å². The minimum Gasteiger partial charge on any atom is -0.481 e. The van der Waals surface area contributed by atoms with Gasteiger partial charge in [0.1, 0.15) is 0 Å². The first-order chi connectivity index (χ1) is 16.2. The molecule has 4 N–H and O–H groups in total. The van der Waals surface area contributed by atoms with E-state index in [1.165, 1.54) is 0 Å². The topological polar surface area (TPSA) is 124 Å². The van der Waals surface area contributed by atoms with Gasteiger partial charge in [-0.25, -0.2) is 9.59 Å². The molecule has 0 spiro atoms. The van der Waals surface area contributed by atoms with Crippen LogP contribution in [0.2, 0.25) is 0 Å². The maximum Gasteiger partial charge on any atom is 0.329 e. The first-order valence-electron chi connectivity index (χ1n) is 11.3. The lowest BCUT2D eigenvalue weighted by atomic mass is 10.1. The van der Waals surface area contributed by atoms with Crippen LogP contribution in [0, 0.1) is 6.92 Å². The molecule has 34 heavy (non-hydrogen) atoms. The standard InChI is InChI=1S/C25H29N5O4/c1-4-6-18(12-22(31)32)30-19-10-9-17(27-24(26)33)11-21(19)29(25(30)34)14-16-13-28(3)20-8-5-7-15(2)23(16)20/h5,7-11,13,18H,4,6,12,14H2,1-3H3,(H,31,32)(H3,26,27,33). The Morgan fingerprint density at radius 3 is 2.59 bits per heavy atom. The summed E-state index contributed by atoms with van der Waals surface area (Å²) in [4.78, 5) is 36.8. The zero-order valence-electron chi connectivity index (χ0n) is 19.5. The fourth-order valence-electron chi connectivity index (χ4n) is 4.88. The van der Waals surface area contributed by atoms with Crippen LogP contribution < -0.4 is 16.7 Å². The molecule has 0 saturated heterocycles.